The molecule has 0 atom stereocenters. The largest absolute Gasteiger partial charge is 0.298 e. The second-order valence-electron chi connectivity index (χ2n) is 5.73. The summed E-state index contributed by atoms with van der Waals surface area (Å²) in [7, 11) is 0. The van der Waals surface area contributed by atoms with Gasteiger partial charge in [-0.05, 0) is 36.4 Å². The van der Waals surface area contributed by atoms with Crippen molar-refractivity contribution in [3.63, 3.8) is 0 Å². The molecule has 0 aliphatic carbocycles. The standard InChI is InChI=1S/C21H16N4O/c26-21(25-24-15-8-2-1-3-9-15)17-14-20(19-12-6-7-13-22-19)23-18-11-5-4-10-16(17)18/h1-14,24H,(H,25,26). The summed E-state index contributed by atoms with van der Waals surface area (Å²) in [5.74, 6) is -0.232. The van der Waals surface area contributed by atoms with E-state index in [4.69, 9.17) is 0 Å². The zero-order valence-electron chi connectivity index (χ0n) is 13.9. The number of nitrogens with one attached hydrogen (secondary N) is 2. The quantitative estimate of drug-likeness (QED) is 0.550. The van der Waals surface area contributed by atoms with Gasteiger partial charge < -0.3 is 0 Å². The molecule has 2 aromatic carbocycles. The van der Waals surface area contributed by atoms with Crippen LogP contribution in [0.1, 0.15) is 10.4 Å². The number of carbonyl (C=O) groups is 1. The van der Waals surface area contributed by atoms with Crippen molar-refractivity contribution in [3.05, 3.63) is 90.6 Å². The topological polar surface area (TPSA) is 66.9 Å². The number of benzene rings is 2. The first-order valence-electron chi connectivity index (χ1n) is 8.24. The van der Waals surface area contributed by atoms with Crippen LogP contribution in [0.15, 0.2) is 85.1 Å². The molecule has 0 aliphatic rings. The minimum absolute atomic E-state index is 0.232. The van der Waals surface area contributed by atoms with E-state index in [1.165, 1.54) is 0 Å². The maximum atomic E-state index is 12.8. The molecule has 5 heteroatoms. The molecular weight excluding hydrogens is 324 g/mol. The Morgan fingerprint density at radius 2 is 1.58 bits per heavy atom. The first-order chi connectivity index (χ1) is 12.8. The summed E-state index contributed by atoms with van der Waals surface area (Å²) in [6.45, 7) is 0. The van der Waals surface area contributed by atoms with Gasteiger partial charge in [0.05, 0.1) is 28.2 Å². The van der Waals surface area contributed by atoms with Crippen molar-refractivity contribution in [2.75, 3.05) is 5.43 Å². The minimum Gasteiger partial charge on any atom is -0.298 e. The lowest BCUT2D eigenvalue weighted by Crippen LogP contribution is -2.29. The lowest BCUT2D eigenvalue weighted by molar-refractivity contribution is 0.0964. The van der Waals surface area contributed by atoms with E-state index in [1.807, 2.05) is 72.8 Å². The van der Waals surface area contributed by atoms with Gasteiger partial charge >= 0.3 is 0 Å². The zero-order chi connectivity index (χ0) is 17.8. The Morgan fingerprint density at radius 1 is 0.808 bits per heavy atom. The molecule has 1 amide bonds. The Kier molecular flexibility index (Phi) is 4.26. The van der Waals surface area contributed by atoms with Gasteiger partial charge in [-0.1, -0.05) is 42.5 Å². The number of hydrogen-bond donors (Lipinski definition) is 2. The Balaban J connectivity index is 1.72. The highest BCUT2D eigenvalue weighted by atomic mass is 16.2. The van der Waals surface area contributed by atoms with Gasteiger partial charge in [0.15, 0.2) is 0 Å². The fourth-order valence-electron chi connectivity index (χ4n) is 2.73. The molecule has 2 aromatic heterocycles. The summed E-state index contributed by atoms with van der Waals surface area (Å²) in [6, 6.07) is 24.5. The lowest BCUT2D eigenvalue weighted by Gasteiger charge is -2.11. The molecule has 0 radical (unpaired) electrons. The van der Waals surface area contributed by atoms with E-state index in [0.29, 0.717) is 11.3 Å². The van der Waals surface area contributed by atoms with Gasteiger partial charge in [0.1, 0.15) is 0 Å². The highest BCUT2D eigenvalue weighted by Gasteiger charge is 2.14. The van der Waals surface area contributed by atoms with Gasteiger partial charge in [0.25, 0.3) is 5.91 Å². The van der Waals surface area contributed by atoms with Crippen molar-refractivity contribution >= 4 is 22.5 Å². The van der Waals surface area contributed by atoms with E-state index in [0.717, 1.165) is 22.3 Å². The Morgan fingerprint density at radius 3 is 2.38 bits per heavy atom. The van der Waals surface area contributed by atoms with E-state index in [1.54, 1.807) is 12.3 Å². The second kappa shape index (κ2) is 7.03. The van der Waals surface area contributed by atoms with Crippen molar-refractivity contribution in [1.29, 1.82) is 0 Å². The second-order valence-corrected chi connectivity index (χ2v) is 5.73. The summed E-state index contributed by atoms with van der Waals surface area (Å²) >= 11 is 0. The number of anilines is 1. The molecule has 126 valence electrons. The number of nitrogens with zero attached hydrogens (tertiary/aromatic N) is 2. The number of para-hydroxylation sites is 2. The third-order valence-corrected chi connectivity index (χ3v) is 3.98. The van der Waals surface area contributed by atoms with E-state index < -0.39 is 0 Å². The van der Waals surface area contributed by atoms with Crippen LogP contribution in [0.4, 0.5) is 5.69 Å². The zero-order valence-corrected chi connectivity index (χ0v) is 13.9. The van der Waals surface area contributed by atoms with Crippen LogP contribution in [0, 0.1) is 0 Å². The van der Waals surface area contributed by atoms with Crippen LogP contribution < -0.4 is 10.9 Å². The number of fused-ring (bicyclic) bond motifs is 1. The van der Waals surface area contributed by atoms with Crippen molar-refractivity contribution in [2.45, 2.75) is 0 Å². The molecule has 0 unspecified atom stereocenters. The first-order valence-corrected chi connectivity index (χ1v) is 8.24. The molecule has 0 bridgehead atoms. The Hall–Kier alpha value is -3.73. The summed E-state index contributed by atoms with van der Waals surface area (Å²) in [5, 5.41) is 0.791. The summed E-state index contributed by atoms with van der Waals surface area (Å²) in [5.41, 5.74) is 9.17. The number of rotatable bonds is 4. The highest BCUT2D eigenvalue weighted by Crippen LogP contribution is 2.23. The van der Waals surface area contributed by atoms with E-state index >= 15 is 0 Å². The first kappa shape index (κ1) is 15.8. The third kappa shape index (κ3) is 3.23. The van der Waals surface area contributed by atoms with E-state index in [2.05, 4.69) is 20.8 Å². The maximum Gasteiger partial charge on any atom is 0.270 e. The van der Waals surface area contributed by atoms with Crippen molar-refractivity contribution in [3.8, 4) is 11.4 Å². The monoisotopic (exact) mass is 340 g/mol. The van der Waals surface area contributed by atoms with Gasteiger partial charge in [0.2, 0.25) is 0 Å². The molecule has 5 nitrogen and oxygen atoms in total. The number of aromatic nitrogens is 2. The van der Waals surface area contributed by atoms with Crippen LogP contribution in [-0.2, 0) is 0 Å². The van der Waals surface area contributed by atoms with E-state index in [-0.39, 0.29) is 5.91 Å². The van der Waals surface area contributed by atoms with Crippen molar-refractivity contribution in [2.24, 2.45) is 0 Å². The lowest BCUT2D eigenvalue weighted by atomic mass is 10.1. The van der Waals surface area contributed by atoms with Gasteiger partial charge in [-0.3, -0.25) is 20.6 Å². The molecule has 0 saturated heterocycles. The fourth-order valence-corrected chi connectivity index (χ4v) is 2.73. The van der Waals surface area contributed by atoms with Gasteiger partial charge in [0, 0.05) is 11.6 Å². The smallest absolute Gasteiger partial charge is 0.270 e. The Bertz CT molecular complexity index is 1050. The molecular formula is C21H16N4O. The Labute approximate surface area is 150 Å². The predicted molar refractivity (Wildman–Crippen MR) is 103 cm³/mol. The molecule has 0 fully saturated rings. The van der Waals surface area contributed by atoms with Crippen LogP contribution in [0.25, 0.3) is 22.3 Å². The van der Waals surface area contributed by atoms with Crippen LogP contribution >= 0.6 is 0 Å². The number of hydrogen-bond acceptors (Lipinski definition) is 4. The molecule has 2 N–H and O–H groups in total. The average Bonchev–Trinajstić information content (AvgIpc) is 2.72. The molecule has 2 heterocycles. The molecule has 4 aromatic rings. The van der Waals surface area contributed by atoms with Gasteiger partial charge in [-0.15, -0.1) is 0 Å². The van der Waals surface area contributed by atoms with Crippen LogP contribution in [0.3, 0.4) is 0 Å². The summed E-state index contributed by atoms with van der Waals surface area (Å²) < 4.78 is 0. The third-order valence-electron chi connectivity index (χ3n) is 3.98. The van der Waals surface area contributed by atoms with Gasteiger partial charge in [-0.2, -0.15) is 0 Å². The van der Waals surface area contributed by atoms with Crippen molar-refractivity contribution < 1.29 is 4.79 Å². The molecule has 26 heavy (non-hydrogen) atoms. The average molecular weight is 340 g/mol. The number of carbonyl (C=O) groups excluding carboxylic acids is 1. The van der Waals surface area contributed by atoms with Crippen LogP contribution in [-0.4, -0.2) is 15.9 Å². The summed E-state index contributed by atoms with van der Waals surface area (Å²) in [4.78, 5) is 21.8. The number of hydrazine groups is 1. The SMILES string of the molecule is O=C(NNc1ccccc1)c1cc(-c2ccccn2)nc2ccccc12. The minimum atomic E-state index is -0.232. The van der Waals surface area contributed by atoms with Gasteiger partial charge in [-0.25, -0.2) is 4.98 Å². The number of amides is 1. The van der Waals surface area contributed by atoms with Crippen LogP contribution in [0.2, 0.25) is 0 Å². The van der Waals surface area contributed by atoms with E-state index in [9.17, 15) is 4.79 Å². The number of pyridine rings is 2. The summed E-state index contributed by atoms with van der Waals surface area (Å²) in [6.07, 6.45) is 1.71. The van der Waals surface area contributed by atoms with Crippen LogP contribution in [0.5, 0.6) is 0 Å². The molecule has 4 rings (SSSR count). The predicted octanol–water partition coefficient (Wildman–Crippen LogP) is 4.05. The molecule has 0 aliphatic heterocycles. The maximum absolute atomic E-state index is 12.8. The molecule has 0 saturated carbocycles. The normalized spacial score (nSPS) is 10.5. The molecule has 0 spiro atoms. The van der Waals surface area contributed by atoms with Crippen molar-refractivity contribution in [1.82, 2.24) is 15.4 Å². The highest BCUT2D eigenvalue weighted by molar-refractivity contribution is 6.07. The fraction of sp³-hybridized carbons (Fsp3) is 0.